The number of anilines is 1. The molecule has 1 N–H and O–H groups in total. The molecule has 7 nitrogen and oxygen atoms in total. The molecule has 2 aliphatic rings. The summed E-state index contributed by atoms with van der Waals surface area (Å²) in [5.74, 6) is 0.643. The normalized spacial score (nSPS) is 16.0. The highest BCUT2D eigenvalue weighted by Gasteiger charge is 2.29. The minimum Gasteiger partial charge on any atom is -0.309 e. The number of carbonyl (C=O) groups excluding carboxylic acids is 1. The number of aromatic nitrogens is 4. The second-order valence-corrected chi connectivity index (χ2v) is 8.14. The monoisotopic (exact) mass is 399 g/mol. The third kappa shape index (κ3) is 2.35. The summed E-state index contributed by atoms with van der Waals surface area (Å²) in [5, 5.41) is 7.68. The molecule has 30 heavy (non-hydrogen) atoms. The molecule has 4 aromatic rings. The predicted molar refractivity (Wildman–Crippen MR) is 115 cm³/mol. The first-order valence-corrected chi connectivity index (χ1v) is 10.3. The van der Waals surface area contributed by atoms with E-state index in [-0.39, 0.29) is 18.1 Å². The van der Waals surface area contributed by atoms with Gasteiger partial charge in [0.25, 0.3) is 0 Å². The van der Waals surface area contributed by atoms with E-state index in [1.807, 2.05) is 60.1 Å². The van der Waals surface area contributed by atoms with Crippen LogP contribution in [0.3, 0.4) is 0 Å². The molecule has 1 aliphatic heterocycles. The zero-order valence-corrected chi connectivity index (χ0v) is 16.6. The van der Waals surface area contributed by atoms with E-state index in [2.05, 4.69) is 5.32 Å². The SMILES string of the molecule is Cn1c(=O)n(C2CCC2)c2ccc(-c3c(-c4ccccc4)nn4c3NC(=O)C4)cc21. The van der Waals surface area contributed by atoms with E-state index in [1.54, 1.807) is 9.25 Å². The maximum atomic E-state index is 12.9. The van der Waals surface area contributed by atoms with Gasteiger partial charge in [0.05, 0.1) is 16.6 Å². The first kappa shape index (κ1) is 17.3. The Balaban J connectivity index is 1.58. The van der Waals surface area contributed by atoms with E-state index in [1.165, 1.54) is 6.42 Å². The van der Waals surface area contributed by atoms with Crippen molar-refractivity contribution in [2.45, 2.75) is 31.8 Å². The van der Waals surface area contributed by atoms with Gasteiger partial charge in [-0.25, -0.2) is 9.48 Å². The van der Waals surface area contributed by atoms with Gasteiger partial charge in [-0.15, -0.1) is 0 Å². The smallest absolute Gasteiger partial charge is 0.309 e. The highest BCUT2D eigenvalue weighted by atomic mass is 16.2. The Hall–Kier alpha value is -3.61. The third-order valence-electron chi connectivity index (χ3n) is 6.37. The molecule has 0 radical (unpaired) electrons. The van der Waals surface area contributed by atoms with Gasteiger partial charge < -0.3 is 5.32 Å². The summed E-state index contributed by atoms with van der Waals surface area (Å²) in [5.41, 5.74) is 5.53. The summed E-state index contributed by atoms with van der Waals surface area (Å²) in [6.07, 6.45) is 3.29. The van der Waals surface area contributed by atoms with Gasteiger partial charge in [0.1, 0.15) is 18.1 Å². The Labute approximate surface area is 172 Å². The molecule has 150 valence electrons. The van der Waals surface area contributed by atoms with E-state index in [0.29, 0.717) is 11.9 Å². The molecule has 3 heterocycles. The summed E-state index contributed by atoms with van der Waals surface area (Å²) in [7, 11) is 1.83. The second kappa shape index (κ2) is 6.19. The van der Waals surface area contributed by atoms with Crippen LogP contribution in [0.5, 0.6) is 0 Å². The molecular weight excluding hydrogens is 378 g/mol. The maximum Gasteiger partial charge on any atom is 0.329 e. The number of nitrogens with zero attached hydrogens (tertiary/aromatic N) is 4. The van der Waals surface area contributed by atoms with Crippen LogP contribution >= 0.6 is 0 Å². The van der Waals surface area contributed by atoms with Crippen molar-refractivity contribution in [1.82, 2.24) is 18.9 Å². The summed E-state index contributed by atoms with van der Waals surface area (Å²) in [6, 6.07) is 16.4. The molecule has 0 bridgehead atoms. The molecule has 1 saturated carbocycles. The zero-order chi connectivity index (χ0) is 20.4. The molecule has 0 saturated heterocycles. The van der Waals surface area contributed by atoms with Crippen LogP contribution in [-0.2, 0) is 18.4 Å². The second-order valence-electron chi connectivity index (χ2n) is 8.14. The Morgan fingerprint density at radius 3 is 2.53 bits per heavy atom. The number of hydrogen-bond donors (Lipinski definition) is 1. The fourth-order valence-corrected chi connectivity index (χ4v) is 4.60. The van der Waals surface area contributed by atoms with Gasteiger partial charge in [-0.05, 0) is 37.0 Å². The van der Waals surface area contributed by atoms with Crippen molar-refractivity contribution in [2.24, 2.45) is 7.05 Å². The lowest BCUT2D eigenvalue weighted by molar-refractivity contribution is -0.115. The molecule has 2 aromatic carbocycles. The minimum absolute atomic E-state index is 0.0312. The van der Waals surface area contributed by atoms with Crippen molar-refractivity contribution in [2.75, 3.05) is 5.32 Å². The average Bonchev–Trinajstić information content (AvgIpc) is 3.32. The number of amides is 1. The lowest BCUT2D eigenvalue weighted by Gasteiger charge is -2.26. The van der Waals surface area contributed by atoms with Crippen molar-refractivity contribution >= 4 is 22.8 Å². The molecule has 1 aliphatic carbocycles. The van der Waals surface area contributed by atoms with Gasteiger partial charge in [-0.3, -0.25) is 13.9 Å². The van der Waals surface area contributed by atoms with Crippen molar-refractivity contribution in [1.29, 1.82) is 0 Å². The van der Waals surface area contributed by atoms with Crippen molar-refractivity contribution in [3.8, 4) is 22.4 Å². The lowest BCUT2D eigenvalue weighted by atomic mass is 9.92. The average molecular weight is 399 g/mol. The highest BCUT2D eigenvalue weighted by Crippen LogP contribution is 2.41. The van der Waals surface area contributed by atoms with E-state index < -0.39 is 0 Å². The Bertz CT molecular complexity index is 1370. The number of hydrogen-bond acceptors (Lipinski definition) is 3. The summed E-state index contributed by atoms with van der Waals surface area (Å²) in [6.45, 7) is 0.216. The number of imidazole rings is 1. The van der Waals surface area contributed by atoms with Crippen LogP contribution in [-0.4, -0.2) is 24.8 Å². The largest absolute Gasteiger partial charge is 0.329 e. The predicted octanol–water partition coefficient (Wildman–Crippen LogP) is 3.55. The van der Waals surface area contributed by atoms with E-state index in [4.69, 9.17) is 5.10 Å². The molecule has 1 fully saturated rings. The van der Waals surface area contributed by atoms with Crippen LogP contribution in [0.25, 0.3) is 33.4 Å². The summed E-state index contributed by atoms with van der Waals surface area (Å²) >= 11 is 0. The number of fused-ring (bicyclic) bond motifs is 2. The summed E-state index contributed by atoms with van der Waals surface area (Å²) in [4.78, 5) is 24.9. The minimum atomic E-state index is -0.0667. The standard InChI is InChI=1S/C23H21N5O2/c1-26-18-12-15(10-11-17(18)28(23(26)30)16-8-5-9-16)20-21(14-6-3-2-4-7-14)25-27-13-19(29)24-22(20)27/h2-4,6-7,10-12,16H,5,8-9,13H2,1H3,(H,24,29). The van der Waals surface area contributed by atoms with E-state index in [0.717, 1.165) is 46.3 Å². The van der Waals surface area contributed by atoms with Crippen molar-refractivity contribution < 1.29 is 4.79 Å². The van der Waals surface area contributed by atoms with Gasteiger partial charge in [-0.1, -0.05) is 36.4 Å². The number of rotatable bonds is 3. The summed E-state index contributed by atoms with van der Waals surface area (Å²) < 4.78 is 5.38. The van der Waals surface area contributed by atoms with Gasteiger partial charge in [0, 0.05) is 18.7 Å². The molecule has 1 amide bonds. The molecule has 0 unspecified atom stereocenters. The quantitative estimate of drug-likeness (QED) is 0.573. The fourth-order valence-electron chi connectivity index (χ4n) is 4.60. The van der Waals surface area contributed by atoms with Crippen LogP contribution in [0, 0.1) is 0 Å². The van der Waals surface area contributed by atoms with E-state index >= 15 is 0 Å². The molecule has 0 spiro atoms. The number of aryl methyl sites for hydroxylation is 1. The van der Waals surface area contributed by atoms with Crippen LogP contribution in [0.2, 0.25) is 0 Å². The molecule has 7 heteroatoms. The molecule has 2 aromatic heterocycles. The Morgan fingerprint density at radius 2 is 1.80 bits per heavy atom. The first-order valence-electron chi connectivity index (χ1n) is 10.3. The Kier molecular flexibility index (Phi) is 3.56. The fraction of sp³-hybridized carbons (Fsp3) is 0.261. The van der Waals surface area contributed by atoms with Crippen LogP contribution in [0.15, 0.2) is 53.3 Å². The highest BCUT2D eigenvalue weighted by molar-refractivity contribution is 6.02. The van der Waals surface area contributed by atoms with Gasteiger partial charge in [0.15, 0.2) is 0 Å². The van der Waals surface area contributed by atoms with Crippen LogP contribution in [0.1, 0.15) is 25.3 Å². The topological polar surface area (TPSA) is 73.8 Å². The van der Waals surface area contributed by atoms with Gasteiger partial charge in [0.2, 0.25) is 5.91 Å². The zero-order valence-electron chi connectivity index (χ0n) is 16.6. The lowest BCUT2D eigenvalue weighted by Crippen LogP contribution is -2.29. The first-order chi connectivity index (χ1) is 14.6. The van der Waals surface area contributed by atoms with Crippen molar-refractivity contribution in [3.63, 3.8) is 0 Å². The third-order valence-corrected chi connectivity index (χ3v) is 6.37. The van der Waals surface area contributed by atoms with Gasteiger partial charge >= 0.3 is 5.69 Å². The number of carbonyl (C=O) groups is 1. The molecule has 0 atom stereocenters. The maximum absolute atomic E-state index is 12.9. The number of benzene rings is 2. The van der Waals surface area contributed by atoms with E-state index in [9.17, 15) is 9.59 Å². The van der Waals surface area contributed by atoms with Crippen molar-refractivity contribution in [3.05, 3.63) is 59.0 Å². The molecule has 6 rings (SSSR count). The van der Waals surface area contributed by atoms with Gasteiger partial charge in [-0.2, -0.15) is 5.10 Å². The Morgan fingerprint density at radius 1 is 1.00 bits per heavy atom. The van der Waals surface area contributed by atoms with Crippen LogP contribution in [0.4, 0.5) is 5.82 Å². The number of nitrogens with one attached hydrogen (secondary N) is 1. The molecular formula is C23H21N5O2. The van der Waals surface area contributed by atoms with Crippen LogP contribution < -0.4 is 11.0 Å².